The highest BCUT2D eigenvalue weighted by molar-refractivity contribution is 6.15. The molecule has 0 spiro atoms. The molecule has 0 radical (unpaired) electrons. The molecule has 0 fully saturated rings. The first-order chi connectivity index (χ1) is 9.33. The lowest BCUT2D eigenvalue weighted by Crippen LogP contribution is -1.84. The fourth-order valence-corrected chi connectivity index (χ4v) is 2.78. The van der Waals surface area contributed by atoms with E-state index in [1.807, 2.05) is 6.20 Å². The summed E-state index contributed by atoms with van der Waals surface area (Å²) in [6.07, 6.45) is 2.00. The Balaban J connectivity index is 2.26. The molecular weight excluding hydrogens is 230 g/mol. The molecule has 0 aliphatic heterocycles. The molecule has 19 heavy (non-hydrogen) atoms. The summed E-state index contributed by atoms with van der Waals surface area (Å²) in [6.45, 7) is 2.10. The fraction of sp³-hybridized carbons (Fsp3) is 0.0556. The first-order valence-electron chi connectivity index (χ1n) is 6.50. The van der Waals surface area contributed by atoms with Crippen molar-refractivity contribution in [3.63, 3.8) is 0 Å². The average Bonchev–Trinajstić information content (AvgIpc) is 2.46. The third kappa shape index (κ3) is 1.52. The van der Waals surface area contributed by atoms with Crippen molar-refractivity contribution in [3.05, 3.63) is 66.4 Å². The molecule has 3 aromatic carbocycles. The first kappa shape index (κ1) is 10.5. The maximum Gasteiger partial charge on any atom is 0.0711 e. The summed E-state index contributed by atoms with van der Waals surface area (Å²) in [6, 6.07) is 19.3. The Bertz CT molecular complexity index is 922. The van der Waals surface area contributed by atoms with E-state index in [1.165, 1.54) is 32.5 Å². The predicted molar refractivity (Wildman–Crippen MR) is 81.5 cm³/mol. The Morgan fingerprint density at radius 2 is 1.58 bits per heavy atom. The highest BCUT2D eigenvalue weighted by Gasteiger charge is 2.05. The second-order valence-corrected chi connectivity index (χ2v) is 5.03. The van der Waals surface area contributed by atoms with Gasteiger partial charge in [0.25, 0.3) is 0 Å². The van der Waals surface area contributed by atoms with Gasteiger partial charge in [-0.1, -0.05) is 48.5 Å². The maximum absolute atomic E-state index is 4.62. The van der Waals surface area contributed by atoms with Crippen LogP contribution in [0.25, 0.3) is 32.4 Å². The minimum Gasteiger partial charge on any atom is -0.256 e. The van der Waals surface area contributed by atoms with Crippen LogP contribution < -0.4 is 0 Å². The van der Waals surface area contributed by atoms with Crippen LogP contribution in [0.1, 0.15) is 5.56 Å². The molecule has 90 valence electrons. The van der Waals surface area contributed by atoms with Gasteiger partial charge in [0.05, 0.1) is 5.52 Å². The van der Waals surface area contributed by atoms with Gasteiger partial charge in [0, 0.05) is 17.0 Å². The molecule has 0 bridgehead atoms. The molecule has 1 heterocycles. The second-order valence-electron chi connectivity index (χ2n) is 5.03. The van der Waals surface area contributed by atoms with Crippen molar-refractivity contribution in [1.82, 2.24) is 4.98 Å². The van der Waals surface area contributed by atoms with Crippen molar-refractivity contribution in [3.8, 4) is 0 Å². The second kappa shape index (κ2) is 3.79. The Morgan fingerprint density at radius 1 is 0.737 bits per heavy atom. The van der Waals surface area contributed by atoms with Crippen LogP contribution in [0.5, 0.6) is 0 Å². The van der Waals surface area contributed by atoms with Crippen LogP contribution in [0.2, 0.25) is 0 Å². The summed E-state index contributed by atoms with van der Waals surface area (Å²) in [7, 11) is 0. The molecule has 4 aromatic rings. The van der Waals surface area contributed by atoms with Crippen molar-refractivity contribution in [2.75, 3.05) is 0 Å². The number of nitrogens with zero attached hydrogens (tertiary/aromatic N) is 1. The highest BCUT2D eigenvalue weighted by atomic mass is 14.6. The number of aromatic nitrogens is 1. The lowest BCUT2D eigenvalue weighted by Gasteiger charge is -2.07. The van der Waals surface area contributed by atoms with Gasteiger partial charge in [-0.25, -0.2) is 0 Å². The quantitative estimate of drug-likeness (QED) is 0.402. The number of hydrogen-bond acceptors (Lipinski definition) is 1. The van der Waals surface area contributed by atoms with E-state index in [0.29, 0.717) is 0 Å². The van der Waals surface area contributed by atoms with E-state index in [9.17, 15) is 0 Å². The third-order valence-electron chi connectivity index (χ3n) is 3.75. The smallest absolute Gasteiger partial charge is 0.0711 e. The summed E-state index contributed by atoms with van der Waals surface area (Å²) in [4.78, 5) is 4.62. The Labute approximate surface area is 111 Å². The van der Waals surface area contributed by atoms with Gasteiger partial charge in [-0.2, -0.15) is 0 Å². The molecule has 0 amide bonds. The lowest BCUT2D eigenvalue weighted by molar-refractivity contribution is 1.41. The first-order valence-corrected chi connectivity index (χ1v) is 6.50. The van der Waals surface area contributed by atoms with Crippen LogP contribution in [0, 0.1) is 6.92 Å². The van der Waals surface area contributed by atoms with Crippen molar-refractivity contribution >= 4 is 32.4 Å². The molecular formula is C18H13N. The Hall–Kier alpha value is -2.41. The molecule has 4 rings (SSSR count). The van der Waals surface area contributed by atoms with E-state index in [1.54, 1.807) is 0 Å². The van der Waals surface area contributed by atoms with Gasteiger partial charge in [0.15, 0.2) is 0 Å². The molecule has 1 nitrogen and oxygen atoms in total. The summed E-state index contributed by atoms with van der Waals surface area (Å²) in [5.74, 6) is 0. The van der Waals surface area contributed by atoms with Crippen molar-refractivity contribution < 1.29 is 0 Å². The number of benzene rings is 3. The van der Waals surface area contributed by atoms with Gasteiger partial charge in [-0.3, -0.25) is 4.98 Å². The van der Waals surface area contributed by atoms with Crippen molar-refractivity contribution in [1.29, 1.82) is 0 Å². The van der Waals surface area contributed by atoms with E-state index >= 15 is 0 Å². The van der Waals surface area contributed by atoms with Crippen LogP contribution >= 0.6 is 0 Å². The molecule has 0 atom stereocenters. The largest absolute Gasteiger partial charge is 0.256 e. The van der Waals surface area contributed by atoms with Crippen LogP contribution in [0.4, 0.5) is 0 Å². The molecule has 0 N–H and O–H groups in total. The summed E-state index contributed by atoms with van der Waals surface area (Å²) >= 11 is 0. The van der Waals surface area contributed by atoms with Gasteiger partial charge in [-0.15, -0.1) is 0 Å². The summed E-state index contributed by atoms with van der Waals surface area (Å²) in [5, 5.41) is 6.28. The fourth-order valence-electron chi connectivity index (χ4n) is 2.78. The van der Waals surface area contributed by atoms with Crippen molar-refractivity contribution in [2.45, 2.75) is 6.92 Å². The Morgan fingerprint density at radius 3 is 2.53 bits per heavy atom. The zero-order valence-corrected chi connectivity index (χ0v) is 10.7. The van der Waals surface area contributed by atoms with E-state index in [4.69, 9.17) is 0 Å². The zero-order valence-electron chi connectivity index (χ0n) is 10.7. The minimum atomic E-state index is 1.07. The number of aryl methyl sites for hydroxylation is 1. The molecule has 0 saturated heterocycles. The van der Waals surface area contributed by atoms with Gasteiger partial charge in [0.1, 0.15) is 0 Å². The number of pyridine rings is 1. The molecule has 1 aromatic heterocycles. The third-order valence-corrected chi connectivity index (χ3v) is 3.75. The molecule has 0 unspecified atom stereocenters. The van der Waals surface area contributed by atoms with Crippen molar-refractivity contribution in [2.24, 2.45) is 0 Å². The van der Waals surface area contributed by atoms with Crippen LogP contribution in [0.15, 0.2) is 60.8 Å². The SMILES string of the molecule is Cc1ccc2c(c1)ncc1c3ccccc3ccc21. The number of hydrogen-bond donors (Lipinski definition) is 0. The summed E-state index contributed by atoms with van der Waals surface area (Å²) < 4.78 is 0. The topological polar surface area (TPSA) is 12.9 Å². The van der Waals surface area contributed by atoms with E-state index in [-0.39, 0.29) is 0 Å². The standard InChI is InChI=1S/C18H13N/c1-12-6-8-16-15-9-7-13-4-2-3-5-14(13)17(15)11-19-18(16)10-12/h2-11H,1H3. The zero-order chi connectivity index (χ0) is 12.8. The summed E-state index contributed by atoms with van der Waals surface area (Å²) in [5.41, 5.74) is 2.32. The average molecular weight is 243 g/mol. The van der Waals surface area contributed by atoms with Gasteiger partial charge in [-0.05, 0) is 34.7 Å². The van der Waals surface area contributed by atoms with Gasteiger partial charge < -0.3 is 0 Å². The minimum absolute atomic E-state index is 1.07. The van der Waals surface area contributed by atoms with Crippen LogP contribution in [-0.2, 0) is 0 Å². The van der Waals surface area contributed by atoms with E-state index in [0.717, 1.165) is 5.52 Å². The number of fused-ring (bicyclic) bond motifs is 5. The monoisotopic (exact) mass is 243 g/mol. The molecule has 0 saturated carbocycles. The molecule has 0 aliphatic carbocycles. The molecule has 1 heteroatoms. The van der Waals surface area contributed by atoms with Crippen LogP contribution in [-0.4, -0.2) is 4.98 Å². The normalized spacial score (nSPS) is 11.4. The maximum atomic E-state index is 4.62. The highest BCUT2D eigenvalue weighted by Crippen LogP contribution is 2.29. The van der Waals surface area contributed by atoms with E-state index in [2.05, 4.69) is 66.5 Å². The Kier molecular flexibility index (Phi) is 2.10. The van der Waals surface area contributed by atoms with Gasteiger partial charge in [0.2, 0.25) is 0 Å². The number of rotatable bonds is 0. The van der Waals surface area contributed by atoms with Crippen LogP contribution in [0.3, 0.4) is 0 Å². The van der Waals surface area contributed by atoms with E-state index < -0.39 is 0 Å². The molecule has 0 aliphatic rings. The lowest BCUT2D eigenvalue weighted by atomic mass is 10.00. The predicted octanol–water partition coefficient (Wildman–Crippen LogP) is 4.85. The van der Waals surface area contributed by atoms with Gasteiger partial charge >= 0.3 is 0 Å².